The molecule has 11 heteroatoms. The number of nitrogens with one attached hydrogen (secondary N) is 1. The summed E-state index contributed by atoms with van der Waals surface area (Å²) >= 11 is 11.2. The molecule has 0 unspecified atom stereocenters. The Morgan fingerprint density at radius 3 is 2.81 bits per heavy atom. The maximum atomic E-state index is 13.0. The van der Waals surface area contributed by atoms with Crippen LogP contribution in [0.15, 0.2) is 52.7 Å². The second-order valence-corrected chi connectivity index (χ2v) is 7.46. The molecule has 1 aliphatic heterocycles. The molecule has 9 nitrogen and oxygen atoms in total. The third-order valence-corrected chi connectivity index (χ3v) is 5.20. The van der Waals surface area contributed by atoms with Gasteiger partial charge in [-0.3, -0.25) is 9.69 Å². The van der Waals surface area contributed by atoms with E-state index < -0.39 is 10.7 Å². The van der Waals surface area contributed by atoms with Crippen LogP contribution in [-0.4, -0.2) is 25.7 Å². The molecule has 1 saturated heterocycles. The van der Waals surface area contributed by atoms with Crippen molar-refractivity contribution in [3.63, 3.8) is 0 Å². The number of halogens is 1. The highest BCUT2D eigenvalue weighted by atomic mass is 35.5. The summed E-state index contributed by atoms with van der Waals surface area (Å²) in [6.45, 7) is 2.16. The molecule has 1 aliphatic rings. The number of carbonyl (C=O) groups excluding carboxylic acids is 1. The van der Waals surface area contributed by atoms with E-state index in [1.54, 1.807) is 18.2 Å². The van der Waals surface area contributed by atoms with Gasteiger partial charge in [-0.25, -0.2) is 0 Å². The predicted molar refractivity (Wildman–Crippen MR) is 119 cm³/mol. The summed E-state index contributed by atoms with van der Waals surface area (Å²) < 4.78 is 7.04. The molecule has 2 aromatic heterocycles. The van der Waals surface area contributed by atoms with Crippen LogP contribution >= 0.6 is 23.8 Å². The molecule has 3 aromatic rings. The number of amides is 1. The highest BCUT2D eigenvalue weighted by Gasteiger charge is 2.33. The number of hydrogen-bond acceptors (Lipinski definition) is 6. The smallest absolute Gasteiger partial charge is 0.408 e. The fraction of sp³-hybridized carbons (Fsp3) is 0.150. The summed E-state index contributed by atoms with van der Waals surface area (Å²) in [5.74, 6) is 0.213. The first kappa shape index (κ1) is 20.8. The maximum absolute atomic E-state index is 13.0. The van der Waals surface area contributed by atoms with Crippen LogP contribution in [0.3, 0.4) is 0 Å². The molecule has 0 aliphatic carbocycles. The first-order valence-corrected chi connectivity index (χ1v) is 10.1. The molecule has 1 N–H and O–H groups in total. The number of thiocarbonyl (C=S) groups is 1. The summed E-state index contributed by atoms with van der Waals surface area (Å²) in [5.41, 5.74) is 2.04. The SMILES string of the molecule is CCc1ccccc1N1C(=O)/C(=C\c2ccc(Cn3cc(Cl)c([N+](=O)[O-])n3)o2)NC1=S. The van der Waals surface area contributed by atoms with E-state index >= 15 is 0 Å². The third kappa shape index (κ3) is 4.07. The summed E-state index contributed by atoms with van der Waals surface area (Å²) in [7, 11) is 0. The molecule has 1 fully saturated rings. The fourth-order valence-corrected chi connectivity index (χ4v) is 3.74. The first-order chi connectivity index (χ1) is 14.9. The van der Waals surface area contributed by atoms with Crippen LogP contribution < -0.4 is 10.2 Å². The number of hydrogen-bond donors (Lipinski definition) is 1. The van der Waals surface area contributed by atoms with Gasteiger partial charge in [0, 0.05) is 6.08 Å². The van der Waals surface area contributed by atoms with Gasteiger partial charge in [-0.05, 0) is 47.3 Å². The lowest BCUT2D eigenvalue weighted by atomic mass is 10.1. The molecule has 0 saturated carbocycles. The minimum Gasteiger partial charge on any atom is -0.460 e. The number of carbonyl (C=O) groups is 1. The lowest BCUT2D eigenvalue weighted by molar-refractivity contribution is -0.389. The molecule has 0 atom stereocenters. The second kappa shape index (κ2) is 8.32. The standard InChI is InChI=1S/C20H16ClN5O4S/c1-2-12-5-3-4-6-17(12)25-19(27)16(22-20(25)31)9-13-7-8-14(30-13)10-24-11-15(21)18(23-24)26(28)29/h3-9,11H,2,10H2,1H3,(H,22,31)/b16-9+. The zero-order valence-electron chi connectivity index (χ0n) is 16.2. The lowest BCUT2D eigenvalue weighted by Gasteiger charge is -2.17. The van der Waals surface area contributed by atoms with Crippen molar-refractivity contribution in [3.05, 3.63) is 80.5 Å². The van der Waals surface area contributed by atoms with Gasteiger partial charge in [0.25, 0.3) is 5.91 Å². The molecule has 158 valence electrons. The molecule has 0 bridgehead atoms. The Morgan fingerprint density at radius 2 is 2.10 bits per heavy atom. The van der Waals surface area contributed by atoms with E-state index in [2.05, 4.69) is 10.4 Å². The average Bonchev–Trinajstić information content (AvgIpc) is 3.40. The van der Waals surface area contributed by atoms with Gasteiger partial charge in [0.1, 0.15) is 23.8 Å². The van der Waals surface area contributed by atoms with Crippen molar-refractivity contribution in [3.8, 4) is 0 Å². The zero-order chi connectivity index (χ0) is 22.1. The van der Waals surface area contributed by atoms with Gasteiger partial charge in [0.05, 0.1) is 17.0 Å². The van der Waals surface area contributed by atoms with E-state index in [1.165, 1.54) is 15.8 Å². The number of para-hydroxylation sites is 1. The number of anilines is 1. The summed E-state index contributed by atoms with van der Waals surface area (Å²) in [6, 6.07) is 11.0. The quantitative estimate of drug-likeness (QED) is 0.259. The van der Waals surface area contributed by atoms with Gasteiger partial charge in [-0.15, -0.1) is 0 Å². The lowest BCUT2D eigenvalue weighted by Crippen LogP contribution is -2.31. The number of nitro groups is 1. The minimum absolute atomic E-state index is 0.0550. The van der Waals surface area contributed by atoms with E-state index in [4.69, 9.17) is 28.2 Å². The number of aromatic nitrogens is 2. The highest BCUT2D eigenvalue weighted by molar-refractivity contribution is 7.80. The fourth-order valence-electron chi connectivity index (χ4n) is 3.23. The highest BCUT2D eigenvalue weighted by Crippen LogP contribution is 2.27. The Bertz CT molecular complexity index is 1230. The minimum atomic E-state index is -0.653. The number of furan rings is 1. The maximum Gasteiger partial charge on any atom is 0.408 e. The zero-order valence-corrected chi connectivity index (χ0v) is 17.8. The molecular weight excluding hydrogens is 442 g/mol. The topological polar surface area (TPSA) is 106 Å². The average molecular weight is 458 g/mol. The Labute approximate surface area is 187 Å². The molecule has 0 radical (unpaired) electrons. The van der Waals surface area contributed by atoms with E-state index in [0.29, 0.717) is 16.6 Å². The van der Waals surface area contributed by atoms with Gasteiger partial charge in [0.2, 0.25) is 0 Å². The molecule has 1 aromatic carbocycles. The number of benzene rings is 1. The Balaban J connectivity index is 1.54. The Kier molecular flexibility index (Phi) is 5.57. The number of aryl methyl sites for hydroxylation is 1. The van der Waals surface area contributed by atoms with Crippen LogP contribution in [0.2, 0.25) is 5.02 Å². The molecule has 4 rings (SSSR count). The number of nitrogens with zero attached hydrogens (tertiary/aromatic N) is 4. The molecule has 3 heterocycles. The van der Waals surface area contributed by atoms with Gasteiger partial charge >= 0.3 is 5.82 Å². The van der Waals surface area contributed by atoms with E-state index in [1.807, 2.05) is 31.2 Å². The van der Waals surface area contributed by atoms with E-state index in [9.17, 15) is 14.9 Å². The third-order valence-electron chi connectivity index (χ3n) is 4.65. The first-order valence-electron chi connectivity index (χ1n) is 9.28. The van der Waals surface area contributed by atoms with Gasteiger partial charge in [-0.1, -0.05) is 36.7 Å². The van der Waals surface area contributed by atoms with Crippen LogP contribution in [0.1, 0.15) is 24.0 Å². The Morgan fingerprint density at radius 1 is 1.32 bits per heavy atom. The van der Waals surface area contributed by atoms with Crippen LogP contribution in [0.4, 0.5) is 11.5 Å². The number of rotatable bonds is 6. The summed E-state index contributed by atoms with van der Waals surface area (Å²) in [6.07, 6.45) is 3.67. The Hall–Kier alpha value is -3.50. The monoisotopic (exact) mass is 457 g/mol. The van der Waals surface area contributed by atoms with Crippen LogP contribution in [-0.2, 0) is 17.8 Å². The van der Waals surface area contributed by atoms with Gasteiger partial charge < -0.3 is 19.8 Å². The van der Waals surface area contributed by atoms with E-state index in [-0.39, 0.29) is 23.2 Å². The molecular formula is C20H16ClN5O4S. The van der Waals surface area contributed by atoms with Crippen LogP contribution in [0.25, 0.3) is 6.08 Å². The largest absolute Gasteiger partial charge is 0.460 e. The summed E-state index contributed by atoms with van der Waals surface area (Å²) in [4.78, 5) is 24.7. The van der Waals surface area contributed by atoms with E-state index in [0.717, 1.165) is 17.7 Å². The summed E-state index contributed by atoms with van der Waals surface area (Å²) in [5, 5.41) is 17.9. The van der Waals surface area contributed by atoms with Crippen molar-refractivity contribution < 1.29 is 14.1 Å². The van der Waals surface area contributed by atoms with Crippen LogP contribution in [0.5, 0.6) is 0 Å². The van der Waals surface area contributed by atoms with Gasteiger partial charge in [0.15, 0.2) is 10.1 Å². The van der Waals surface area contributed by atoms with Crippen molar-refractivity contribution in [2.75, 3.05) is 4.90 Å². The molecule has 31 heavy (non-hydrogen) atoms. The van der Waals surface area contributed by atoms with Crippen molar-refractivity contribution >= 4 is 52.4 Å². The van der Waals surface area contributed by atoms with Crippen molar-refractivity contribution in [2.24, 2.45) is 0 Å². The molecule has 1 amide bonds. The second-order valence-electron chi connectivity index (χ2n) is 6.67. The predicted octanol–water partition coefficient (Wildman–Crippen LogP) is 3.91. The van der Waals surface area contributed by atoms with Crippen molar-refractivity contribution in [2.45, 2.75) is 19.9 Å². The van der Waals surface area contributed by atoms with Crippen LogP contribution in [0, 0.1) is 10.1 Å². The molecule has 0 spiro atoms. The van der Waals surface area contributed by atoms with Gasteiger partial charge in [-0.2, -0.15) is 4.68 Å². The van der Waals surface area contributed by atoms with Crippen molar-refractivity contribution in [1.82, 2.24) is 15.1 Å². The normalized spacial score (nSPS) is 15.0. The van der Waals surface area contributed by atoms with Crippen molar-refractivity contribution in [1.29, 1.82) is 0 Å².